The molecule has 1 atom stereocenters. The second-order valence-electron chi connectivity index (χ2n) is 4.73. The molecule has 102 valence electrons. The molecule has 0 amide bonds. The lowest BCUT2D eigenvalue weighted by molar-refractivity contribution is -0.132. The van der Waals surface area contributed by atoms with Gasteiger partial charge in [-0.25, -0.2) is 9.67 Å². The Hall–Kier alpha value is -0.980. The summed E-state index contributed by atoms with van der Waals surface area (Å²) in [5, 5.41) is 4.18. The normalized spacial score (nSPS) is 24.3. The Morgan fingerprint density at radius 1 is 1.61 bits per heavy atom. The zero-order valence-corrected chi connectivity index (χ0v) is 11.0. The summed E-state index contributed by atoms with van der Waals surface area (Å²) in [7, 11) is 0. The number of nitrogens with two attached hydrogens (primary N) is 1. The van der Waals surface area contributed by atoms with Crippen molar-refractivity contribution in [2.24, 2.45) is 5.73 Å². The van der Waals surface area contributed by atoms with Crippen LogP contribution in [0.4, 0.5) is 0 Å². The molecule has 6 nitrogen and oxygen atoms in total. The monoisotopic (exact) mass is 254 g/mol. The van der Waals surface area contributed by atoms with Gasteiger partial charge in [0, 0.05) is 19.7 Å². The fourth-order valence-corrected chi connectivity index (χ4v) is 2.18. The molecular weight excluding hydrogens is 232 g/mol. The third-order valence-electron chi connectivity index (χ3n) is 3.30. The van der Waals surface area contributed by atoms with Crippen LogP contribution in [0.2, 0.25) is 0 Å². The fourth-order valence-electron chi connectivity index (χ4n) is 2.18. The highest BCUT2D eigenvalue weighted by atomic mass is 16.5. The molecule has 2 heterocycles. The molecule has 1 fully saturated rings. The Bertz CT molecular complexity index is 361. The van der Waals surface area contributed by atoms with Crippen molar-refractivity contribution in [1.29, 1.82) is 0 Å². The smallest absolute Gasteiger partial charge is 0.152 e. The number of aromatic nitrogens is 3. The summed E-state index contributed by atoms with van der Waals surface area (Å²) in [4.78, 5) is 4.23. The van der Waals surface area contributed by atoms with Gasteiger partial charge in [0.25, 0.3) is 0 Å². The van der Waals surface area contributed by atoms with E-state index < -0.39 is 0 Å². The Morgan fingerprint density at radius 2 is 2.50 bits per heavy atom. The van der Waals surface area contributed by atoms with E-state index in [-0.39, 0.29) is 5.60 Å². The standard InChI is InChI=1S/C12H22N4O2/c1-2-5-16-11(14-10-15-16)7-18-12(8-13)4-3-6-17-9-12/h10H,2-9,13H2,1H3. The SMILES string of the molecule is CCCn1ncnc1COC1(CN)CCCOC1. The van der Waals surface area contributed by atoms with E-state index >= 15 is 0 Å². The topological polar surface area (TPSA) is 75.2 Å². The predicted octanol–water partition coefficient (Wildman–Crippen LogP) is 0.713. The highest BCUT2D eigenvalue weighted by Crippen LogP contribution is 2.23. The van der Waals surface area contributed by atoms with E-state index in [1.165, 1.54) is 0 Å². The largest absolute Gasteiger partial charge is 0.378 e. The van der Waals surface area contributed by atoms with Gasteiger partial charge in [-0.2, -0.15) is 5.10 Å². The van der Waals surface area contributed by atoms with Crippen LogP contribution in [0.5, 0.6) is 0 Å². The van der Waals surface area contributed by atoms with E-state index in [1.54, 1.807) is 6.33 Å². The van der Waals surface area contributed by atoms with Gasteiger partial charge in [-0.1, -0.05) is 6.92 Å². The summed E-state index contributed by atoms with van der Waals surface area (Å²) in [6.45, 7) is 5.28. The number of hydrogen-bond acceptors (Lipinski definition) is 5. The summed E-state index contributed by atoms with van der Waals surface area (Å²) in [6, 6.07) is 0. The minimum absolute atomic E-state index is 0.346. The minimum atomic E-state index is -0.346. The summed E-state index contributed by atoms with van der Waals surface area (Å²) < 4.78 is 13.3. The summed E-state index contributed by atoms with van der Waals surface area (Å²) in [5.74, 6) is 0.857. The Balaban J connectivity index is 1.94. The molecule has 1 aliphatic rings. The van der Waals surface area contributed by atoms with Crippen LogP contribution < -0.4 is 5.73 Å². The van der Waals surface area contributed by atoms with Crippen LogP contribution in [0.25, 0.3) is 0 Å². The molecule has 1 aromatic rings. The van der Waals surface area contributed by atoms with E-state index in [4.69, 9.17) is 15.2 Å². The first-order valence-electron chi connectivity index (χ1n) is 6.58. The Labute approximate surface area is 107 Å². The number of hydrogen-bond donors (Lipinski definition) is 1. The zero-order valence-electron chi connectivity index (χ0n) is 11.0. The van der Waals surface area contributed by atoms with E-state index in [0.29, 0.717) is 19.8 Å². The van der Waals surface area contributed by atoms with E-state index in [0.717, 1.165) is 38.2 Å². The van der Waals surface area contributed by atoms with Crippen molar-refractivity contribution in [3.63, 3.8) is 0 Å². The van der Waals surface area contributed by atoms with Gasteiger partial charge in [-0.3, -0.25) is 0 Å². The first-order valence-corrected chi connectivity index (χ1v) is 6.58. The molecule has 18 heavy (non-hydrogen) atoms. The number of rotatable bonds is 6. The second-order valence-corrected chi connectivity index (χ2v) is 4.73. The van der Waals surface area contributed by atoms with Gasteiger partial charge in [-0.05, 0) is 19.3 Å². The highest BCUT2D eigenvalue weighted by Gasteiger charge is 2.32. The maximum absolute atomic E-state index is 5.98. The molecular formula is C12H22N4O2. The number of aryl methyl sites for hydroxylation is 1. The van der Waals surface area contributed by atoms with Crippen molar-refractivity contribution in [3.05, 3.63) is 12.2 Å². The zero-order chi connectivity index (χ0) is 12.8. The van der Waals surface area contributed by atoms with Crippen LogP contribution in [-0.4, -0.2) is 40.1 Å². The summed E-state index contributed by atoms with van der Waals surface area (Å²) in [6.07, 6.45) is 4.55. The van der Waals surface area contributed by atoms with Crippen molar-refractivity contribution < 1.29 is 9.47 Å². The molecule has 2 rings (SSSR count). The highest BCUT2D eigenvalue weighted by molar-refractivity contribution is 4.88. The van der Waals surface area contributed by atoms with Crippen LogP contribution in [0, 0.1) is 0 Å². The molecule has 0 radical (unpaired) electrons. The van der Waals surface area contributed by atoms with Crippen LogP contribution in [0.3, 0.4) is 0 Å². The Morgan fingerprint density at radius 3 is 3.17 bits per heavy atom. The lowest BCUT2D eigenvalue weighted by atomic mass is 9.97. The Kier molecular flexibility index (Phi) is 4.68. The molecule has 1 unspecified atom stereocenters. The van der Waals surface area contributed by atoms with Gasteiger partial charge >= 0.3 is 0 Å². The van der Waals surface area contributed by atoms with Crippen molar-refractivity contribution in [3.8, 4) is 0 Å². The maximum atomic E-state index is 5.98. The predicted molar refractivity (Wildman–Crippen MR) is 66.9 cm³/mol. The molecule has 0 bridgehead atoms. The number of ether oxygens (including phenoxy) is 2. The quantitative estimate of drug-likeness (QED) is 0.809. The minimum Gasteiger partial charge on any atom is -0.378 e. The fraction of sp³-hybridized carbons (Fsp3) is 0.833. The van der Waals surface area contributed by atoms with Gasteiger partial charge in [0.1, 0.15) is 18.5 Å². The molecule has 0 spiro atoms. The lowest BCUT2D eigenvalue weighted by Gasteiger charge is -2.35. The molecule has 1 aromatic heterocycles. The van der Waals surface area contributed by atoms with Gasteiger partial charge < -0.3 is 15.2 Å². The molecule has 2 N–H and O–H groups in total. The third-order valence-corrected chi connectivity index (χ3v) is 3.30. The van der Waals surface area contributed by atoms with Gasteiger partial charge in [0.2, 0.25) is 0 Å². The first-order chi connectivity index (χ1) is 8.79. The summed E-state index contributed by atoms with van der Waals surface area (Å²) in [5.41, 5.74) is 5.48. The van der Waals surface area contributed by atoms with Crippen molar-refractivity contribution in [1.82, 2.24) is 14.8 Å². The van der Waals surface area contributed by atoms with Crippen LogP contribution in [0.1, 0.15) is 32.0 Å². The lowest BCUT2D eigenvalue weighted by Crippen LogP contribution is -2.47. The van der Waals surface area contributed by atoms with Gasteiger partial charge in [0.05, 0.1) is 6.61 Å². The van der Waals surface area contributed by atoms with Crippen molar-refractivity contribution in [2.45, 2.75) is 44.9 Å². The molecule has 1 saturated heterocycles. The molecule has 1 aliphatic heterocycles. The van der Waals surface area contributed by atoms with Crippen LogP contribution >= 0.6 is 0 Å². The first kappa shape index (κ1) is 13.5. The molecule has 6 heteroatoms. The van der Waals surface area contributed by atoms with E-state index in [2.05, 4.69) is 17.0 Å². The van der Waals surface area contributed by atoms with E-state index in [1.807, 2.05) is 4.68 Å². The second kappa shape index (κ2) is 6.26. The van der Waals surface area contributed by atoms with Gasteiger partial charge in [0.15, 0.2) is 5.82 Å². The average Bonchev–Trinajstić information content (AvgIpc) is 2.86. The third kappa shape index (κ3) is 3.07. The average molecular weight is 254 g/mol. The van der Waals surface area contributed by atoms with Crippen LogP contribution in [-0.2, 0) is 22.6 Å². The van der Waals surface area contributed by atoms with Crippen molar-refractivity contribution >= 4 is 0 Å². The summed E-state index contributed by atoms with van der Waals surface area (Å²) >= 11 is 0. The van der Waals surface area contributed by atoms with Crippen molar-refractivity contribution in [2.75, 3.05) is 19.8 Å². The molecule has 0 saturated carbocycles. The molecule has 0 aliphatic carbocycles. The van der Waals surface area contributed by atoms with Crippen LogP contribution in [0.15, 0.2) is 6.33 Å². The maximum Gasteiger partial charge on any atom is 0.152 e. The molecule has 0 aromatic carbocycles. The number of nitrogens with zero attached hydrogens (tertiary/aromatic N) is 3. The van der Waals surface area contributed by atoms with E-state index in [9.17, 15) is 0 Å². The van der Waals surface area contributed by atoms with Gasteiger partial charge in [-0.15, -0.1) is 0 Å².